The number of nitrogens with two attached hydrogens (primary N) is 1. The molecule has 0 aliphatic rings. The van der Waals surface area contributed by atoms with E-state index in [2.05, 4.69) is 0 Å². The molecule has 0 aromatic carbocycles. The molecule has 0 fully saturated rings. The Kier molecular flexibility index (Phi) is 5.24. The van der Waals surface area contributed by atoms with Crippen molar-refractivity contribution in [2.45, 2.75) is 65.4 Å². The van der Waals surface area contributed by atoms with Gasteiger partial charge in [0.2, 0.25) is 0 Å². The molecule has 0 aromatic rings. The van der Waals surface area contributed by atoms with Gasteiger partial charge in [-0.15, -0.1) is 0 Å². The van der Waals surface area contributed by atoms with E-state index >= 15 is 0 Å². The topological polar surface area (TPSA) is 61.5 Å². The largest absolute Gasteiger partial charge is 0.462 e. The lowest BCUT2D eigenvalue weighted by Gasteiger charge is -2.28. The zero-order valence-electron chi connectivity index (χ0n) is 10.5. The van der Waals surface area contributed by atoms with Crippen LogP contribution in [0.3, 0.4) is 0 Å². The second kappa shape index (κ2) is 5.47. The second-order valence-corrected chi connectivity index (χ2v) is 4.95. The third-order valence-electron chi connectivity index (χ3n) is 1.67. The molecule has 0 bridgehead atoms. The number of rotatable bonds is 4. The van der Waals surface area contributed by atoms with Gasteiger partial charge in [-0.05, 0) is 41.5 Å². The molecule has 0 amide bonds. The minimum Gasteiger partial charge on any atom is -0.462 e. The monoisotopic (exact) mass is 217 g/mol. The van der Waals surface area contributed by atoms with Gasteiger partial charge in [0.15, 0.2) is 0 Å². The normalized spacial score (nSPS) is 16.3. The molecule has 90 valence electrons. The average molecular weight is 217 g/mol. The molecule has 2 atom stereocenters. The van der Waals surface area contributed by atoms with Crippen molar-refractivity contribution < 1.29 is 14.3 Å². The van der Waals surface area contributed by atoms with Crippen LogP contribution in [0.4, 0.5) is 0 Å². The molecule has 0 saturated heterocycles. The van der Waals surface area contributed by atoms with Crippen LogP contribution in [0.15, 0.2) is 0 Å². The summed E-state index contributed by atoms with van der Waals surface area (Å²) in [5.41, 5.74) is 5.41. The van der Waals surface area contributed by atoms with Gasteiger partial charge in [-0.25, -0.2) is 0 Å². The van der Waals surface area contributed by atoms with Crippen molar-refractivity contribution in [3.8, 4) is 0 Å². The number of carbonyl (C=O) groups excluding carboxylic acids is 1. The molecule has 0 radical (unpaired) electrons. The minimum atomic E-state index is -0.730. The molecule has 0 spiro atoms. The average Bonchev–Trinajstić information content (AvgIpc) is 1.98. The van der Waals surface area contributed by atoms with E-state index in [9.17, 15) is 4.79 Å². The maximum absolute atomic E-state index is 11.5. The van der Waals surface area contributed by atoms with Crippen molar-refractivity contribution in [1.29, 1.82) is 0 Å². The van der Waals surface area contributed by atoms with Gasteiger partial charge in [0.25, 0.3) is 0 Å². The predicted molar refractivity (Wildman–Crippen MR) is 59.5 cm³/mol. The van der Waals surface area contributed by atoms with Crippen LogP contribution in [0, 0.1) is 0 Å². The van der Waals surface area contributed by atoms with Crippen LogP contribution < -0.4 is 5.73 Å². The molecule has 0 aromatic heterocycles. The Bertz CT molecular complexity index is 208. The van der Waals surface area contributed by atoms with Crippen molar-refractivity contribution in [2.75, 3.05) is 0 Å². The Morgan fingerprint density at radius 1 is 1.20 bits per heavy atom. The number of hydrogen-bond acceptors (Lipinski definition) is 4. The summed E-state index contributed by atoms with van der Waals surface area (Å²) < 4.78 is 10.6. The summed E-state index contributed by atoms with van der Waals surface area (Å²) in [4.78, 5) is 11.5. The lowest BCUT2D eigenvalue weighted by molar-refractivity contribution is -0.155. The van der Waals surface area contributed by atoms with Gasteiger partial charge < -0.3 is 15.2 Å². The van der Waals surface area contributed by atoms with Gasteiger partial charge in [0.05, 0.1) is 17.8 Å². The van der Waals surface area contributed by atoms with E-state index in [-0.39, 0.29) is 17.8 Å². The third kappa shape index (κ3) is 6.47. The first kappa shape index (κ1) is 14.4. The lowest BCUT2D eigenvalue weighted by atomic mass is 10.1. The summed E-state index contributed by atoms with van der Waals surface area (Å²) in [7, 11) is 0. The molecule has 0 aliphatic heterocycles. The first-order valence-electron chi connectivity index (χ1n) is 5.27. The molecule has 0 heterocycles. The summed E-state index contributed by atoms with van der Waals surface area (Å²) in [5, 5.41) is 0. The van der Waals surface area contributed by atoms with Crippen LogP contribution in [-0.4, -0.2) is 29.8 Å². The van der Waals surface area contributed by atoms with Gasteiger partial charge in [0, 0.05) is 0 Å². The third-order valence-corrected chi connectivity index (χ3v) is 1.67. The van der Waals surface area contributed by atoms with Crippen molar-refractivity contribution in [3.63, 3.8) is 0 Å². The van der Waals surface area contributed by atoms with Crippen molar-refractivity contribution in [1.82, 2.24) is 0 Å². The Morgan fingerprint density at radius 3 is 2.00 bits per heavy atom. The molecule has 0 aliphatic carbocycles. The first-order valence-corrected chi connectivity index (χ1v) is 5.27. The second-order valence-electron chi connectivity index (χ2n) is 4.95. The van der Waals surface area contributed by atoms with Crippen molar-refractivity contribution in [3.05, 3.63) is 0 Å². The maximum Gasteiger partial charge on any atom is 0.325 e. The quantitative estimate of drug-likeness (QED) is 0.724. The molecule has 15 heavy (non-hydrogen) atoms. The molecule has 4 heteroatoms. The fourth-order valence-electron chi connectivity index (χ4n) is 1.13. The van der Waals surface area contributed by atoms with Crippen LogP contribution in [0.5, 0.6) is 0 Å². The zero-order valence-corrected chi connectivity index (χ0v) is 10.5. The van der Waals surface area contributed by atoms with Gasteiger partial charge >= 0.3 is 5.97 Å². The van der Waals surface area contributed by atoms with E-state index in [1.807, 2.05) is 20.8 Å². The van der Waals surface area contributed by atoms with Crippen molar-refractivity contribution >= 4 is 5.97 Å². The summed E-state index contributed by atoms with van der Waals surface area (Å²) in [6.07, 6.45) is -0.498. The van der Waals surface area contributed by atoms with E-state index in [1.165, 1.54) is 0 Å². The number of hydrogen-bond donors (Lipinski definition) is 1. The van der Waals surface area contributed by atoms with Gasteiger partial charge in [-0.2, -0.15) is 0 Å². The summed E-state index contributed by atoms with van der Waals surface area (Å²) >= 11 is 0. The smallest absolute Gasteiger partial charge is 0.325 e. The highest BCUT2D eigenvalue weighted by Crippen LogP contribution is 2.13. The predicted octanol–water partition coefficient (Wildman–Crippen LogP) is 1.47. The van der Waals surface area contributed by atoms with Crippen LogP contribution in [0.1, 0.15) is 41.5 Å². The highest BCUT2D eigenvalue weighted by Gasteiger charge is 2.27. The van der Waals surface area contributed by atoms with E-state index in [4.69, 9.17) is 15.2 Å². The van der Waals surface area contributed by atoms with Crippen LogP contribution >= 0.6 is 0 Å². The lowest BCUT2D eigenvalue weighted by Crippen LogP contribution is -2.46. The van der Waals surface area contributed by atoms with Crippen LogP contribution in [-0.2, 0) is 14.3 Å². The standard InChI is InChI=1S/C11H23NO3/c1-7(2)14-10(13)9(12)8(3)15-11(4,5)6/h7-9H,12H2,1-6H3/t8?,9-/m0/s1. The fourth-order valence-corrected chi connectivity index (χ4v) is 1.13. The number of esters is 1. The molecule has 1 unspecified atom stereocenters. The van der Waals surface area contributed by atoms with Crippen molar-refractivity contribution in [2.24, 2.45) is 5.73 Å². The SMILES string of the molecule is CC(C)OC(=O)[C@@H](N)C(C)OC(C)(C)C. The molecule has 0 rings (SSSR count). The van der Waals surface area contributed by atoms with Gasteiger partial charge in [0.1, 0.15) is 6.04 Å². The summed E-state index contributed by atoms with van der Waals surface area (Å²) in [6, 6.07) is -0.730. The summed E-state index contributed by atoms with van der Waals surface area (Å²) in [6.45, 7) is 11.1. The Hall–Kier alpha value is -0.610. The molecular weight excluding hydrogens is 194 g/mol. The zero-order chi connectivity index (χ0) is 12.2. The Morgan fingerprint density at radius 2 is 1.67 bits per heavy atom. The number of ether oxygens (including phenoxy) is 2. The molecule has 0 saturated carbocycles. The Balaban J connectivity index is 4.19. The fraction of sp³-hybridized carbons (Fsp3) is 0.909. The number of carbonyl (C=O) groups is 1. The van der Waals surface area contributed by atoms with Gasteiger partial charge in [-0.3, -0.25) is 4.79 Å². The highest BCUT2D eigenvalue weighted by molar-refractivity contribution is 5.76. The van der Waals surface area contributed by atoms with Crippen LogP contribution in [0.25, 0.3) is 0 Å². The minimum absolute atomic E-state index is 0.148. The molecular formula is C11H23NO3. The van der Waals surface area contributed by atoms with Gasteiger partial charge in [-0.1, -0.05) is 0 Å². The summed E-state index contributed by atoms with van der Waals surface area (Å²) in [5.74, 6) is -0.415. The van der Waals surface area contributed by atoms with E-state index in [1.54, 1.807) is 20.8 Å². The van der Waals surface area contributed by atoms with E-state index in [0.29, 0.717) is 0 Å². The maximum atomic E-state index is 11.5. The van der Waals surface area contributed by atoms with E-state index in [0.717, 1.165) is 0 Å². The first-order chi connectivity index (χ1) is 6.63. The molecule has 4 nitrogen and oxygen atoms in total. The highest BCUT2D eigenvalue weighted by atomic mass is 16.6. The molecule has 2 N–H and O–H groups in total. The van der Waals surface area contributed by atoms with Crippen LogP contribution in [0.2, 0.25) is 0 Å². The van der Waals surface area contributed by atoms with E-state index < -0.39 is 12.0 Å². The Labute approximate surface area is 92.1 Å².